The van der Waals surface area contributed by atoms with Crippen LogP contribution in [-0.4, -0.2) is 11.5 Å². The van der Waals surface area contributed by atoms with Crippen LogP contribution in [0.3, 0.4) is 0 Å². The SMILES string of the molecule is FC[C](F)C(F)(F)Br. The van der Waals surface area contributed by atoms with Crippen LogP contribution >= 0.6 is 15.9 Å². The second-order valence-electron chi connectivity index (χ2n) is 1.04. The van der Waals surface area contributed by atoms with E-state index in [1.165, 1.54) is 0 Å². The van der Waals surface area contributed by atoms with E-state index in [-0.39, 0.29) is 0 Å². The Bertz CT molecular complexity index is 68.2. The van der Waals surface area contributed by atoms with Crippen LogP contribution in [0.4, 0.5) is 17.6 Å². The molecule has 0 aliphatic carbocycles. The van der Waals surface area contributed by atoms with Crippen molar-refractivity contribution in [1.29, 1.82) is 0 Å². The van der Waals surface area contributed by atoms with Crippen molar-refractivity contribution in [3.63, 3.8) is 0 Å². The van der Waals surface area contributed by atoms with E-state index in [2.05, 4.69) is 0 Å². The topological polar surface area (TPSA) is 0 Å². The van der Waals surface area contributed by atoms with Crippen molar-refractivity contribution in [2.45, 2.75) is 4.83 Å². The molecule has 0 atom stereocenters. The standard InChI is InChI=1S/C3H2BrF4/c4-3(7,8)2(6)1-5/h1H2. The number of hydrogen-bond acceptors (Lipinski definition) is 0. The summed E-state index contributed by atoms with van der Waals surface area (Å²) in [6.45, 7) is -1.75. The fourth-order valence-corrected chi connectivity index (χ4v) is 0.182. The molecule has 0 aromatic heterocycles. The Morgan fingerprint density at radius 1 is 1.50 bits per heavy atom. The van der Waals surface area contributed by atoms with E-state index in [0.717, 1.165) is 0 Å². The van der Waals surface area contributed by atoms with Crippen molar-refractivity contribution in [2.24, 2.45) is 0 Å². The summed E-state index contributed by atoms with van der Waals surface area (Å²) in [4.78, 5) is -3.80. The summed E-state index contributed by atoms with van der Waals surface area (Å²) in [6.07, 6.45) is -2.00. The van der Waals surface area contributed by atoms with Crippen molar-refractivity contribution in [1.82, 2.24) is 0 Å². The van der Waals surface area contributed by atoms with E-state index in [4.69, 9.17) is 0 Å². The molecule has 1 radical (unpaired) electrons. The molecule has 0 aliphatic rings. The summed E-state index contributed by atoms with van der Waals surface area (Å²) in [5.74, 6) is 0. The maximum atomic E-state index is 11.4. The lowest BCUT2D eigenvalue weighted by Crippen LogP contribution is -2.15. The van der Waals surface area contributed by atoms with Gasteiger partial charge in [0.25, 0.3) is 6.17 Å². The van der Waals surface area contributed by atoms with E-state index in [0.29, 0.717) is 0 Å². The van der Waals surface area contributed by atoms with Crippen molar-refractivity contribution in [3.8, 4) is 0 Å². The first-order valence-corrected chi connectivity index (χ1v) is 2.42. The molecule has 0 spiro atoms. The highest BCUT2D eigenvalue weighted by Crippen LogP contribution is 2.33. The first kappa shape index (κ1) is 8.20. The first-order valence-electron chi connectivity index (χ1n) is 1.63. The highest BCUT2D eigenvalue weighted by molar-refractivity contribution is 9.10. The Balaban J connectivity index is 3.62. The van der Waals surface area contributed by atoms with Crippen LogP contribution in [0, 0.1) is 6.17 Å². The predicted molar refractivity (Wildman–Crippen MR) is 24.2 cm³/mol. The third-order valence-electron chi connectivity index (χ3n) is 0.425. The van der Waals surface area contributed by atoms with Crippen LogP contribution in [0.25, 0.3) is 0 Å². The lowest BCUT2D eigenvalue weighted by atomic mass is 10.4. The second kappa shape index (κ2) is 2.66. The minimum Gasteiger partial charge on any atom is -0.247 e. The molecule has 8 heavy (non-hydrogen) atoms. The number of rotatable bonds is 2. The molecule has 0 amide bonds. The molecule has 49 valence electrons. The molecule has 0 saturated carbocycles. The van der Waals surface area contributed by atoms with E-state index in [1.807, 2.05) is 0 Å². The summed E-state index contributed by atoms with van der Waals surface area (Å²) in [5, 5.41) is 0. The molecule has 0 nitrogen and oxygen atoms in total. The van der Waals surface area contributed by atoms with Crippen LogP contribution in [0.15, 0.2) is 0 Å². The zero-order chi connectivity index (χ0) is 6.78. The predicted octanol–water partition coefficient (Wildman–Crippen LogP) is 2.45. The Morgan fingerprint density at radius 2 is 1.88 bits per heavy atom. The highest BCUT2D eigenvalue weighted by Gasteiger charge is 2.38. The molecular weight excluding hydrogens is 192 g/mol. The van der Waals surface area contributed by atoms with Gasteiger partial charge in [0, 0.05) is 0 Å². The van der Waals surface area contributed by atoms with Gasteiger partial charge in [-0.2, -0.15) is 8.78 Å². The average Bonchev–Trinajstić information content (AvgIpc) is 1.62. The van der Waals surface area contributed by atoms with Gasteiger partial charge in [-0.1, -0.05) is 0 Å². The summed E-state index contributed by atoms with van der Waals surface area (Å²) in [7, 11) is 0. The van der Waals surface area contributed by atoms with E-state index >= 15 is 0 Å². The minimum absolute atomic E-state index is 1.62. The number of alkyl halides is 4. The molecular formula is C3H2BrF4. The first-order chi connectivity index (χ1) is 3.48. The van der Waals surface area contributed by atoms with Gasteiger partial charge in [-0.05, 0) is 15.9 Å². The monoisotopic (exact) mass is 193 g/mol. The maximum Gasteiger partial charge on any atom is 0.340 e. The zero-order valence-corrected chi connectivity index (χ0v) is 5.18. The van der Waals surface area contributed by atoms with Crippen molar-refractivity contribution < 1.29 is 17.6 Å². The lowest BCUT2D eigenvalue weighted by molar-refractivity contribution is 0.0729. The zero-order valence-electron chi connectivity index (χ0n) is 3.60. The van der Waals surface area contributed by atoms with Gasteiger partial charge in [0.05, 0.1) is 0 Å². The fraction of sp³-hybridized carbons (Fsp3) is 0.667. The molecule has 0 fully saturated rings. The fourth-order valence-electron chi connectivity index (χ4n) is 0.0758. The van der Waals surface area contributed by atoms with E-state index in [1.54, 1.807) is 15.9 Å². The third kappa shape index (κ3) is 2.49. The molecule has 0 unspecified atom stereocenters. The molecule has 0 aromatic carbocycles. The van der Waals surface area contributed by atoms with Crippen LogP contribution in [0.1, 0.15) is 0 Å². The molecule has 0 rings (SSSR count). The minimum atomic E-state index is -3.80. The number of hydrogen-bond donors (Lipinski definition) is 0. The van der Waals surface area contributed by atoms with Crippen molar-refractivity contribution in [2.75, 3.05) is 6.67 Å². The molecule has 0 N–H and O–H groups in total. The van der Waals surface area contributed by atoms with Gasteiger partial charge in [0.1, 0.15) is 6.67 Å². The lowest BCUT2D eigenvalue weighted by Gasteiger charge is -2.06. The molecule has 0 saturated heterocycles. The summed E-state index contributed by atoms with van der Waals surface area (Å²) >= 11 is 1.62. The Morgan fingerprint density at radius 3 is 1.88 bits per heavy atom. The third-order valence-corrected chi connectivity index (χ3v) is 0.855. The molecule has 0 heterocycles. The maximum absolute atomic E-state index is 11.4. The Labute approximate surface area is 52.0 Å². The van der Waals surface area contributed by atoms with Crippen molar-refractivity contribution >= 4 is 15.9 Å². The summed E-state index contributed by atoms with van der Waals surface area (Å²) < 4.78 is 45.1. The van der Waals surface area contributed by atoms with Crippen LogP contribution in [0.5, 0.6) is 0 Å². The molecule has 0 bridgehead atoms. The smallest absolute Gasteiger partial charge is 0.247 e. The second-order valence-corrected chi connectivity index (χ2v) is 2.03. The normalized spacial score (nSPS) is 12.8. The number of halogens is 5. The molecule has 0 aliphatic heterocycles. The highest BCUT2D eigenvalue weighted by atomic mass is 79.9. The average molecular weight is 194 g/mol. The Kier molecular flexibility index (Phi) is 2.73. The summed E-state index contributed by atoms with van der Waals surface area (Å²) in [5.41, 5.74) is 0. The van der Waals surface area contributed by atoms with Gasteiger partial charge >= 0.3 is 4.83 Å². The van der Waals surface area contributed by atoms with Crippen LogP contribution in [0.2, 0.25) is 0 Å². The molecule has 5 heteroatoms. The van der Waals surface area contributed by atoms with Gasteiger partial charge in [-0.15, -0.1) is 0 Å². The van der Waals surface area contributed by atoms with E-state index < -0.39 is 17.7 Å². The van der Waals surface area contributed by atoms with Gasteiger partial charge in [0.2, 0.25) is 0 Å². The van der Waals surface area contributed by atoms with Crippen LogP contribution in [-0.2, 0) is 0 Å². The van der Waals surface area contributed by atoms with Gasteiger partial charge in [-0.25, -0.2) is 8.78 Å². The molecule has 0 aromatic rings. The summed E-state index contributed by atoms with van der Waals surface area (Å²) in [6, 6.07) is 0. The van der Waals surface area contributed by atoms with Gasteiger partial charge in [0.15, 0.2) is 0 Å². The van der Waals surface area contributed by atoms with Gasteiger partial charge < -0.3 is 0 Å². The largest absolute Gasteiger partial charge is 0.340 e. The van der Waals surface area contributed by atoms with Crippen molar-refractivity contribution in [3.05, 3.63) is 6.17 Å². The quantitative estimate of drug-likeness (QED) is 0.467. The Hall–Kier alpha value is 0.200. The van der Waals surface area contributed by atoms with E-state index in [9.17, 15) is 17.6 Å². The van der Waals surface area contributed by atoms with Gasteiger partial charge in [-0.3, -0.25) is 0 Å². The van der Waals surface area contributed by atoms with Crippen LogP contribution < -0.4 is 0 Å².